The Hall–Kier alpha value is -4.26. The van der Waals surface area contributed by atoms with Crippen LogP contribution in [0.25, 0.3) is 54.6 Å². The quantitative estimate of drug-likeness (QED) is 0.185. The zero-order valence-electron chi connectivity index (χ0n) is 21.6. The molecule has 0 aliphatic carbocycles. The third-order valence-corrected chi connectivity index (χ3v) is 9.47. The zero-order chi connectivity index (χ0) is 27.2. The van der Waals surface area contributed by atoms with Crippen LogP contribution in [0.4, 0.5) is 22.7 Å². The minimum atomic E-state index is 0.621. The Labute approximate surface area is 251 Å². The summed E-state index contributed by atoms with van der Waals surface area (Å²) < 4.78 is 14.3. The van der Waals surface area contributed by atoms with Crippen LogP contribution in [0.3, 0.4) is 0 Å². The molecule has 8 aromatic rings. The van der Waals surface area contributed by atoms with Gasteiger partial charge in [-0.25, -0.2) is 0 Å². The van der Waals surface area contributed by atoms with Crippen molar-refractivity contribution in [3.63, 3.8) is 0 Å². The van der Waals surface area contributed by atoms with Crippen LogP contribution >= 0.6 is 31.9 Å². The maximum atomic E-state index is 6.19. The van der Waals surface area contributed by atoms with Gasteiger partial charge < -0.3 is 18.6 Å². The highest BCUT2D eigenvalue weighted by molar-refractivity contribution is 9.11. The van der Waals surface area contributed by atoms with Gasteiger partial charge in [0.2, 0.25) is 0 Å². The lowest BCUT2D eigenvalue weighted by atomic mass is 10.0. The first-order valence-electron chi connectivity index (χ1n) is 13.4. The maximum absolute atomic E-state index is 6.19. The normalized spacial score (nSPS) is 13.4. The first-order chi connectivity index (χ1) is 20.1. The van der Waals surface area contributed by atoms with Gasteiger partial charge in [0.25, 0.3) is 0 Å². The van der Waals surface area contributed by atoms with Crippen LogP contribution in [0, 0.1) is 0 Å². The summed E-state index contributed by atoms with van der Waals surface area (Å²) in [6.07, 6.45) is 0. The first-order valence-corrected chi connectivity index (χ1v) is 15.0. The summed E-state index contributed by atoms with van der Waals surface area (Å²) in [5.41, 5.74) is 8.04. The second-order valence-electron chi connectivity index (χ2n) is 10.4. The van der Waals surface area contributed by atoms with E-state index in [2.05, 4.69) is 127 Å². The van der Waals surface area contributed by atoms with Crippen molar-refractivity contribution in [1.82, 2.24) is 0 Å². The van der Waals surface area contributed by atoms with E-state index < -0.39 is 0 Å². The van der Waals surface area contributed by atoms with Gasteiger partial charge in [0.15, 0.2) is 0 Å². The number of rotatable bonds is 2. The minimum absolute atomic E-state index is 0.621. The average Bonchev–Trinajstić information content (AvgIpc) is 3.54. The van der Waals surface area contributed by atoms with Crippen molar-refractivity contribution < 1.29 is 8.83 Å². The van der Waals surface area contributed by atoms with Crippen LogP contribution in [0.5, 0.6) is 0 Å². The van der Waals surface area contributed by atoms with Crippen LogP contribution < -0.4 is 9.80 Å². The Balaban J connectivity index is 1.30. The molecule has 0 saturated heterocycles. The highest BCUT2D eigenvalue weighted by atomic mass is 79.9. The third-order valence-electron chi connectivity index (χ3n) is 8.20. The number of furan rings is 2. The predicted molar refractivity (Wildman–Crippen MR) is 176 cm³/mol. The fourth-order valence-corrected chi connectivity index (χ4v) is 7.41. The van der Waals surface area contributed by atoms with Crippen LogP contribution in [0.15, 0.2) is 127 Å². The second-order valence-corrected chi connectivity index (χ2v) is 12.2. The zero-order valence-corrected chi connectivity index (χ0v) is 24.7. The van der Waals surface area contributed by atoms with Gasteiger partial charge in [0, 0.05) is 35.9 Å². The third kappa shape index (κ3) is 3.38. The number of benzene rings is 6. The van der Waals surface area contributed by atoms with Gasteiger partial charge in [-0.2, -0.15) is 0 Å². The average molecular weight is 660 g/mol. The fraction of sp³-hybridized carbons (Fsp3) is 0.0286. The van der Waals surface area contributed by atoms with Crippen LogP contribution in [-0.4, -0.2) is 6.67 Å². The molecular weight excluding hydrogens is 640 g/mol. The van der Waals surface area contributed by atoms with Gasteiger partial charge in [0.1, 0.15) is 29.0 Å². The fourth-order valence-electron chi connectivity index (χ4n) is 6.34. The molecule has 0 fully saturated rings. The van der Waals surface area contributed by atoms with Gasteiger partial charge in [-0.3, -0.25) is 0 Å². The molecular formula is C35H20Br2N2O2. The molecule has 2 aromatic heterocycles. The Morgan fingerprint density at radius 2 is 0.951 bits per heavy atom. The first kappa shape index (κ1) is 23.4. The molecule has 41 heavy (non-hydrogen) atoms. The topological polar surface area (TPSA) is 32.8 Å². The van der Waals surface area contributed by atoms with Crippen LogP contribution in [-0.2, 0) is 0 Å². The molecule has 0 spiro atoms. The number of nitrogens with zero attached hydrogens (tertiary/aromatic N) is 2. The number of hydrogen-bond donors (Lipinski definition) is 0. The van der Waals surface area contributed by atoms with E-state index in [1.54, 1.807) is 0 Å². The molecule has 1 aliphatic rings. The smallest absolute Gasteiger partial charge is 0.136 e. The van der Waals surface area contributed by atoms with E-state index in [9.17, 15) is 0 Å². The molecule has 0 atom stereocenters. The second kappa shape index (κ2) is 8.62. The van der Waals surface area contributed by atoms with Gasteiger partial charge in [0.05, 0.1) is 22.7 Å². The molecule has 4 nitrogen and oxygen atoms in total. The lowest BCUT2D eigenvalue weighted by Gasteiger charge is -2.40. The molecule has 0 bridgehead atoms. The summed E-state index contributed by atoms with van der Waals surface area (Å²) >= 11 is 7.80. The van der Waals surface area contributed by atoms with E-state index in [4.69, 9.17) is 8.83 Å². The van der Waals surface area contributed by atoms with Crippen LogP contribution in [0.1, 0.15) is 0 Å². The van der Waals surface area contributed by atoms with E-state index in [-0.39, 0.29) is 0 Å². The molecule has 0 amide bonds. The molecule has 3 heterocycles. The molecule has 9 rings (SSSR count). The standard InChI is InChI=1S/C35H20Br2N2O2/c36-25-17-33-23(21-9-1-3-13-31(21)40-33)15-29(25)38-19-39(28-12-6-8-20-7-5-11-27(38)35(20)28)30-16-24-22-10-2-4-14-32(22)41-34(24)18-26(30)37/h1-18H,19H2. The van der Waals surface area contributed by atoms with Crippen molar-refractivity contribution in [3.05, 3.63) is 118 Å². The Morgan fingerprint density at radius 1 is 0.463 bits per heavy atom. The predicted octanol–water partition coefficient (Wildman–Crippen LogP) is 11.4. The summed E-state index contributed by atoms with van der Waals surface area (Å²) in [5, 5.41) is 6.85. The molecule has 0 radical (unpaired) electrons. The number of halogens is 2. The lowest BCUT2D eigenvalue weighted by Crippen LogP contribution is -2.36. The lowest BCUT2D eigenvalue weighted by molar-refractivity contribution is 0.668. The molecule has 0 N–H and O–H groups in total. The van der Waals surface area contributed by atoms with Crippen molar-refractivity contribution >= 4 is 109 Å². The molecule has 6 aromatic carbocycles. The minimum Gasteiger partial charge on any atom is -0.456 e. The van der Waals surface area contributed by atoms with Gasteiger partial charge in [-0.1, -0.05) is 60.7 Å². The summed E-state index contributed by atoms with van der Waals surface area (Å²) in [6, 6.07) is 38.2. The number of fused-ring (bicyclic) bond motifs is 6. The maximum Gasteiger partial charge on any atom is 0.136 e. The van der Waals surface area contributed by atoms with E-state index in [0.717, 1.165) is 64.2 Å². The highest BCUT2D eigenvalue weighted by Crippen LogP contribution is 2.49. The number of para-hydroxylation sites is 2. The molecule has 0 saturated carbocycles. The Morgan fingerprint density at radius 3 is 1.46 bits per heavy atom. The Kier molecular flexibility index (Phi) is 4.93. The van der Waals surface area contributed by atoms with Crippen LogP contribution in [0.2, 0.25) is 0 Å². The summed E-state index contributed by atoms with van der Waals surface area (Å²) in [7, 11) is 0. The van der Waals surface area contributed by atoms with Gasteiger partial charge in [-0.15, -0.1) is 0 Å². The highest BCUT2D eigenvalue weighted by Gasteiger charge is 2.29. The van der Waals surface area contributed by atoms with E-state index >= 15 is 0 Å². The summed E-state index contributed by atoms with van der Waals surface area (Å²) in [6.45, 7) is 0.621. The monoisotopic (exact) mass is 658 g/mol. The molecule has 1 aliphatic heterocycles. The Bertz CT molecular complexity index is 2190. The van der Waals surface area contributed by atoms with E-state index in [1.807, 2.05) is 24.3 Å². The van der Waals surface area contributed by atoms with Gasteiger partial charge in [-0.05, 0) is 85.8 Å². The van der Waals surface area contributed by atoms with Crippen molar-refractivity contribution in [2.75, 3.05) is 16.5 Å². The van der Waals surface area contributed by atoms with Gasteiger partial charge >= 0.3 is 0 Å². The number of anilines is 4. The van der Waals surface area contributed by atoms with Crippen molar-refractivity contribution in [1.29, 1.82) is 0 Å². The van der Waals surface area contributed by atoms with E-state index in [1.165, 1.54) is 22.1 Å². The summed E-state index contributed by atoms with van der Waals surface area (Å²) in [4.78, 5) is 4.79. The van der Waals surface area contributed by atoms with Crippen molar-refractivity contribution in [3.8, 4) is 0 Å². The largest absolute Gasteiger partial charge is 0.456 e. The summed E-state index contributed by atoms with van der Waals surface area (Å²) in [5.74, 6) is 0. The SMILES string of the molecule is Brc1cc2oc3ccccc3c2cc1N1CN(c2cc3c(cc2Br)oc2ccccc23)c2cccc3cccc1c23. The number of hydrogen-bond acceptors (Lipinski definition) is 4. The molecule has 6 heteroatoms. The molecule has 0 unspecified atom stereocenters. The van der Waals surface area contributed by atoms with E-state index in [0.29, 0.717) is 6.67 Å². The molecule has 196 valence electrons. The van der Waals surface area contributed by atoms with Crippen molar-refractivity contribution in [2.45, 2.75) is 0 Å². The van der Waals surface area contributed by atoms with Crippen molar-refractivity contribution in [2.24, 2.45) is 0 Å².